The van der Waals surface area contributed by atoms with Crippen molar-refractivity contribution in [1.82, 2.24) is 25.2 Å². The maximum Gasteiger partial charge on any atom is 0.234 e. The molecule has 4 heterocycles. The zero-order chi connectivity index (χ0) is 25.8. The fraction of sp³-hybridized carbons (Fsp3) is 0.393. The number of pyridine rings is 3. The third kappa shape index (κ3) is 6.40. The van der Waals surface area contributed by atoms with E-state index in [-0.39, 0.29) is 11.9 Å². The van der Waals surface area contributed by atoms with E-state index in [1.165, 1.54) is 18.4 Å². The van der Waals surface area contributed by atoms with Crippen molar-refractivity contribution in [2.24, 2.45) is 0 Å². The molecule has 0 spiro atoms. The molecular formula is C28H32N8O. The molecule has 1 saturated carbocycles. The van der Waals surface area contributed by atoms with Gasteiger partial charge in [-0.05, 0) is 74.6 Å². The van der Waals surface area contributed by atoms with Crippen LogP contribution in [0.15, 0.2) is 48.8 Å². The van der Waals surface area contributed by atoms with E-state index in [0.717, 1.165) is 43.3 Å². The van der Waals surface area contributed by atoms with Gasteiger partial charge in [0.15, 0.2) is 0 Å². The number of hydrogen-bond donors (Lipinski definition) is 2. The van der Waals surface area contributed by atoms with Crippen molar-refractivity contribution >= 4 is 23.4 Å². The van der Waals surface area contributed by atoms with Gasteiger partial charge in [-0.15, -0.1) is 0 Å². The Morgan fingerprint density at radius 1 is 1.08 bits per heavy atom. The first-order valence-corrected chi connectivity index (χ1v) is 12.8. The molecule has 1 amide bonds. The molecule has 1 aliphatic carbocycles. The van der Waals surface area contributed by atoms with E-state index in [0.29, 0.717) is 29.7 Å². The molecule has 5 rings (SSSR count). The molecule has 2 aliphatic rings. The van der Waals surface area contributed by atoms with Crippen LogP contribution in [-0.4, -0.2) is 64.5 Å². The molecular weight excluding hydrogens is 464 g/mol. The fourth-order valence-electron chi connectivity index (χ4n) is 4.55. The van der Waals surface area contributed by atoms with Crippen LogP contribution in [0.1, 0.15) is 43.7 Å². The minimum Gasteiger partial charge on any atom is -0.354 e. The lowest BCUT2D eigenvalue weighted by Gasteiger charge is -2.35. The van der Waals surface area contributed by atoms with Crippen molar-refractivity contribution in [1.29, 1.82) is 5.26 Å². The van der Waals surface area contributed by atoms with E-state index in [1.54, 1.807) is 18.3 Å². The number of carbonyl (C=O) groups is 1. The van der Waals surface area contributed by atoms with Crippen LogP contribution < -0.4 is 15.5 Å². The predicted octanol–water partition coefficient (Wildman–Crippen LogP) is 3.68. The van der Waals surface area contributed by atoms with Crippen molar-refractivity contribution in [2.75, 3.05) is 42.9 Å². The molecule has 3 aromatic rings. The SMILES string of the molecule is CC(C)NC(=O)CN1CCN(c2ccc(-c3cc(C4CC4)cc(Nc4cc(C#N)ccn4)n3)cn2)CC1. The van der Waals surface area contributed by atoms with Gasteiger partial charge in [-0.1, -0.05) is 0 Å². The maximum atomic E-state index is 12.1. The number of piperazine rings is 1. The summed E-state index contributed by atoms with van der Waals surface area (Å²) in [4.78, 5) is 30.4. The Kier molecular flexibility index (Phi) is 7.28. The summed E-state index contributed by atoms with van der Waals surface area (Å²) in [6.07, 6.45) is 5.88. The summed E-state index contributed by atoms with van der Waals surface area (Å²) in [6, 6.07) is 14.1. The zero-order valence-electron chi connectivity index (χ0n) is 21.3. The van der Waals surface area contributed by atoms with E-state index in [1.807, 2.05) is 26.1 Å². The first-order chi connectivity index (χ1) is 18.0. The van der Waals surface area contributed by atoms with Crippen molar-refractivity contribution in [2.45, 2.75) is 38.6 Å². The second-order valence-electron chi connectivity index (χ2n) is 10.0. The Bertz CT molecular complexity index is 1290. The molecule has 2 N–H and O–H groups in total. The van der Waals surface area contributed by atoms with Crippen LogP contribution in [-0.2, 0) is 4.79 Å². The number of rotatable bonds is 8. The molecule has 0 radical (unpaired) electrons. The topological polar surface area (TPSA) is 110 Å². The Hall–Kier alpha value is -4.03. The summed E-state index contributed by atoms with van der Waals surface area (Å²) in [5.41, 5.74) is 3.63. The number of carbonyl (C=O) groups excluding carboxylic acids is 1. The van der Waals surface area contributed by atoms with Gasteiger partial charge in [-0.2, -0.15) is 5.26 Å². The summed E-state index contributed by atoms with van der Waals surface area (Å²) in [7, 11) is 0. The van der Waals surface area contributed by atoms with Gasteiger partial charge in [0, 0.05) is 50.2 Å². The standard InChI is InChI=1S/C28H32N8O/c1-19(2)32-28(37)18-35-9-11-36(12-10-35)27-6-5-22(17-31-27)24-14-23(21-3-4-21)15-26(33-24)34-25-13-20(16-29)7-8-30-25/h5-8,13-15,17,19,21H,3-4,9-12,18H2,1-2H3,(H,32,37)(H,30,33,34). The fourth-order valence-corrected chi connectivity index (χ4v) is 4.55. The lowest BCUT2D eigenvalue weighted by atomic mass is 10.1. The van der Waals surface area contributed by atoms with Gasteiger partial charge >= 0.3 is 0 Å². The van der Waals surface area contributed by atoms with Crippen LogP contribution in [0.3, 0.4) is 0 Å². The Balaban J connectivity index is 1.27. The second-order valence-corrected chi connectivity index (χ2v) is 10.0. The van der Waals surface area contributed by atoms with Gasteiger partial charge in [0.25, 0.3) is 0 Å². The van der Waals surface area contributed by atoms with Crippen LogP contribution in [0.25, 0.3) is 11.3 Å². The van der Waals surface area contributed by atoms with Gasteiger partial charge in [-0.25, -0.2) is 15.0 Å². The Morgan fingerprint density at radius 2 is 1.89 bits per heavy atom. The third-order valence-electron chi connectivity index (χ3n) is 6.60. The zero-order valence-corrected chi connectivity index (χ0v) is 21.3. The number of aromatic nitrogens is 3. The molecule has 1 aliphatic heterocycles. The van der Waals surface area contributed by atoms with Crippen molar-refractivity contribution in [3.63, 3.8) is 0 Å². The molecule has 3 aromatic heterocycles. The van der Waals surface area contributed by atoms with Crippen molar-refractivity contribution in [3.05, 3.63) is 59.9 Å². The Morgan fingerprint density at radius 3 is 2.57 bits per heavy atom. The normalized spacial score (nSPS) is 15.9. The highest BCUT2D eigenvalue weighted by molar-refractivity contribution is 5.78. The van der Waals surface area contributed by atoms with Gasteiger partial charge in [0.2, 0.25) is 5.91 Å². The third-order valence-corrected chi connectivity index (χ3v) is 6.60. The van der Waals surface area contributed by atoms with Gasteiger partial charge in [0.1, 0.15) is 17.5 Å². The van der Waals surface area contributed by atoms with E-state index < -0.39 is 0 Å². The van der Waals surface area contributed by atoms with Crippen LogP contribution in [0.5, 0.6) is 0 Å². The summed E-state index contributed by atoms with van der Waals surface area (Å²) >= 11 is 0. The van der Waals surface area contributed by atoms with Gasteiger partial charge in [-0.3, -0.25) is 9.69 Å². The molecule has 9 heteroatoms. The lowest BCUT2D eigenvalue weighted by molar-refractivity contribution is -0.122. The highest BCUT2D eigenvalue weighted by Gasteiger charge is 2.25. The maximum absolute atomic E-state index is 12.1. The Labute approximate surface area is 217 Å². The lowest BCUT2D eigenvalue weighted by Crippen LogP contribution is -2.50. The van der Waals surface area contributed by atoms with Gasteiger partial charge in [0.05, 0.1) is 23.9 Å². The van der Waals surface area contributed by atoms with Crippen molar-refractivity contribution < 1.29 is 4.79 Å². The van der Waals surface area contributed by atoms with E-state index in [9.17, 15) is 10.1 Å². The van der Waals surface area contributed by atoms with Crippen molar-refractivity contribution in [3.8, 4) is 17.3 Å². The first kappa shape index (κ1) is 24.7. The summed E-state index contributed by atoms with van der Waals surface area (Å²) in [6.45, 7) is 7.72. The van der Waals surface area contributed by atoms with Crippen LogP contribution in [0.2, 0.25) is 0 Å². The molecule has 2 fully saturated rings. The number of nitrogens with one attached hydrogen (secondary N) is 2. The number of nitriles is 1. The molecule has 9 nitrogen and oxygen atoms in total. The number of amides is 1. The van der Waals surface area contributed by atoms with E-state index in [4.69, 9.17) is 9.97 Å². The first-order valence-electron chi connectivity index (χ1n) is 12.8. The average Bonchev–Trinajstić information content (AvgIpc) is 3.75. The largest absolute Gasteiger partial charge is 0.354 e. The highest BCUT2D eigenvalue weighted by Crippen LogP contribution is 2.42. The van der Waals surface area contributed by atoms with E-state index >= 15 is 0 Å². The summed E-state index contributed by atoms with van der Waals surface area (Å²) in [5, 5.41) is 15.4. The molecule has 37 heavy (non-hydrogen) atoms. The quantitative estimate of drug-likeness (QED) is 0.486. The summed E-state index contributed by atoms with van der Waals surface area (Å²) < 4.78 is 0. The molecule has 190 valence electrons. The molecule has 0 bridgehead atoms. The van der Waals surface area contributed by atoms with Crippen LogP contribution in [0, 0.1) is 11.3 Å². The summed E-state index contributed by atoms with van der Waals surface area (Å²) in [5.74, 6) is 2.88. The highest BCUT2D eigenvalue weighted by atomic mass is 16.2. The van der Waals surface area contributed by atoms with E-state index in [2.05, 4.69) is 49.7 Å². The minimum atomic E-state index is 0.0780. The number of anilines is 3. The second kappa shape index (κ2) is 10.9. The average molecular weight is 497 g/mol. The van der Waals surface area contributed by atoms with Gasteiger partial charge < -0.3 is 15.5 Å². The van der Waals surface area contributed by atoms with Crippen LogP contribution >= 0.6 is 0 Å². The minimum absolute atomic E-state index is 0.0780. The molecule has 0 atom stereocenters. The molecule has 0 aromatic carbocycles. The smallest absolute Gasteiger partial charge is 0.234 e. The monoisotopic (exact) mass is 496 g/mol. The van der Waals surface area contributed by atoms with Crippen LogP contribution in [0.4, 0.5) is 17.5 Å². The molecule has 0 unspecified atom stereocenters. The number of nitrogens with zero attached hydrogens (tertiary/aromatic N) is 6. The molecule has 1 saturated heterocycles. The number of hydrogen-bond acceptors (Lipinski definition) is 8. The predicted molar refractivity (Wildman–Crippen MR) is 144 cm³/mol.